The molecule has 0 saturated carbocycles. The number of ether oxygens (including phenoxy) is 1. The molecule has 4 aromatic rings. The number of methoxy groups -OCH3 is 1. The Hall–Kier alpha value is -3.87. The Bertz CT molecular complexity index is 1200. The summed E-state index contributed by atoms with van der Waals surface area (Å²) in [6.45, 7) is 0.319. The van der Waals surface area contributed by atoms with Gasteiger partial charge in [-0.05, 0) is 42.0 Å². The van der Waals surface area contributed by atoms with Crippen molar-refractivity contribution < 1.29 is 9.53 Å². The number of nitrogens with zero attached hydrogens (tertiary/aromatic N) is 4. The third kappa shape index (κ3) is 3.25. The molecule has 138 valence electrons. The monoisotopic (exact) mass is 372 g/mol. The topological polar surface area (TPSA) is 87.0 Å². The second kappa shape index (κ2) is 7.40. The second-order valence-electron chi connectivity index (χ2n) is 6.14. The van der Waals surface area contributed by atoms with Crippen molar-refractivity contribution in [2.45, 2.75) is 6.54 Å². The summed E-state index contributed by atoms with van der Waals surface area (Å²) in [6.07, 6.45) is 4.98. The highest BCUT2D eigenvalue weighted by atomic mass is 16.5. The average Bonchev–Trinajstić information content (AvgIpc) is 2.76. The molecule has 0 fully saturated rings. The standard InChI is InChI=1S/C21H16N4O3/c1-28-21(27)16-6-4-15(5-7-16)18-19-17(3-2-10-23-19)20(26)25(24-18)13-14-8-11-22-12-9-14/h2-12H,13H2,1H3. The van der Waals surface area contributed by atoms with Gasteiger partial charge >= 0.3 is 5.97 Å². The molecule has 0 aliphatic rings. The number of aromatic nitrogens is 4. The van der Waals surface area contributed by atoms with Gasteiger partial charge in [0.2, 0.25) is 0 Å². The molecule has 1 aromatic carbocycles. The SMILES string of the molecule is COC(=O)c1ccc(-c2nn(Cc3ccncc3)c(=O)c3cccnc23)cc1. The molecule has 0 spiro atoms. The molecule has 0 saturated heterocycles. The van der Waals surface area contributed by atoms with Crippen molar-refractivity contribution in [2.24, 2.45) is 0 Å². The van der Waals surface area contributed by atoms with Crippen LogP contribution >= 0.6 is 0 Å². The number of hydrogen-bond acceptors (Lipinski definition) is 6. The van der Waals surface area contributed by atoms with E-state index < -0.39 is 5.97 Å². The molecule has 28 heavy (non-hydrogen) atoms. The van der Waals surface area contributed by atoms with Crippen LogP contribution in [-0.2, 0) is 11.3 Å². The lowest BCUT2D eigenvalue weighted by Crippen LogP contribution is -2.24. The Morgan fingerprint density at radius 2 is 1.79 bits per heavy atom. The van der Waals surface area contributed by atoms with Crippen molar-refractivity contribution >= 4 is 16.9 Å². The van der Waals surface area contributed by atoms with E-state index in [0.717, 1.165) is 11.1 Å². The van der Waals surface area contributed by atoms with Crippen LogP contribution in [0.4, 0.5) is 0 Å². The summed E-state index contributed by atoms with van der Waals surface area (Å²) in [4.78, 5) is 32.9. The van der Waals surface area contributed by atoms with Gasteiger partial charge in [0.15, 0.2) is 0 Å². The van der Waals surface area contributed by atoms with Gasteiger partial charge in [0.05, 0.1) is 24.6 Å². The molecule has 7 nitrogen and oxygen atoms in total. The molecule has 0 aliphatic heterocycles. The summed E-state index contributed by atoms with van der Waals surface area (Å²) in [6, 6.07) is 14.0. The molecule has 0 N–H and O–H groups in total. The Morgan fingerprint density at radius 3 is 2.50 bits per heavy atom. The highest BCUT2D eigenvalue weighted by Crippen LogP contribution is 2.23. The predicted octanol–water partition coefficient (Wildman–Crippen LogP) is 2.69. The van der Waals surface area contributed by atoms with Crippen LogP contribution in [0.5, 0.6) is 0 Å². The van der Waals surface area contributed by atoms with E-state index in [4.69, 9.17) is 4.74 Å². The van der Waals surface area contributed by atoms with Crippen LogP contribution in [0.2, 0.25) is 0 Å². The fraction of sp³-hybridized carbons (Fsp3) is 0.0952. The minimum Gasteiger partial charge on any atom is -0.465 e. The second-order valence-corrected chi connectivity index (χ2v) is 6.14. The molecule has 7 heteroatoms. The first-order chi connectivity index (χ1) is 13.7. The van der Waals surface area contributed by atoms with Crippen molar-refractivity contribution in [2.75, 3.05) is 7.11 Å². The van der Waals surface area contributed by atoms with Crippen LogP contribution in [0, 0.1) is 0 Å². The molecule has 0 atom stereocenters. The van der Waals surface area contributed by atoms with E-state index in [1.54, 1.807) is 55.0 Å². The van der Waals surface area contributed by atoms with Gasteiger partial charge in [-0.2, -0.15) is 5.10 Å². The maximum absolute atomic E-state index is 12.9. The number of carbonyl (C=O) groups is 1. The normalized spacial score (nSPS) is 10.8. The number of hydrogen-bond donors (Lipinski definition) is 0. The van der Waals surface area contributed by atoms with E-state index in [1.807, 2.05) is 12.1 Å². The zero-order valence-electron chi connectivity index (χ0n) is 15.1. The molecule has 3 heterocycles. The van der Waals surface area contributed by atoms with Crippen molar-refractivity contribution in [3.63, 3.8) is 0 Å². The number of esters is 1. The van der Waals surface area contributed by atoms with Crippen molar-refractivity contribution in [1.82, 2.24) is 19.7 Å². The lowest BCUT2D eigenvalue weighted by molar-refractivity contribution is 0.0601. The van der Waals surface area contributed by atoms with E-state index in [1.165, 1.54) is 11.8 Å². The highest BCUT2D eigenvalue weighted by molar-refractivity contribution is 5.92. The van der Waals surface area contributed by atoms with Crippen LogP contribution in [0.3, 0.4) is 0 Å². The maximum Gasteiger partial charge on any atom is 0.337 e. The fourth-order valence-electron chi connectivity index (χ4n) is 2.96. The number of rotatable bonds is 4. The third-order valence-electron chi connectivity index (χ3n) is 4.38. The zero-order valence-corrected chi connectivity index (χ0v) is 15.1. The minimum atomic E-state index is -0.412. The number of fused-ring (bicyclic) bond motifs is 1. The summed E-state index contributed by atoms with van der Waals surface area (Å²) in [5.74, 6) is -0.412. The Balaban J connectivity index is 1.86. The third-order valence-corrected chi connectivity index (χ3v) is 4.38. The van der Waals surface area contributed by atoms with Gasteiger partial charge in [-0.25, -0.2) is 9.48 Å². The molecule has 0 unspecified atom stereocenters. The summed E-state index contributed by atoms with van der Waals surface area (Å²) in [5.41, 5.74) is 2.98. The van der Waals surface area contributed by atoms with Gasteiger partial charge in [0, 0.05) is 24.2 Å². The van der Waals surface area contributed by atoms with Gasteiger partial charge in [-0.1, -0.05) is 12.1 Å². The lowest BCUT2D eigenvalue weighted by Gasteiger charge is -2.11. The minimum absolute atomic E-state index is 0.213. The van der Waals surface area contributed by atoms with Gasteiger partial charge in [0.1, 0.15) is 11.2 Å². The van der Waals surface area contributed by atoms with Gasteiger partial charge in [0.25, 0.3) is 5.56 Å². The van der Waals surface area contributed by atoms with Crippen LogP contribution in [0.15, 0.2) is 71.9 Å². The van der Waals surface area contributed by atoms with Crippen molar-refractivity contribution in [3.05, 3.63) is 88.6 Å². The van der Waals surface area contributed by atoms with Crippen LogP contribution in [0.1, 0.15) is 15.9 Å². The maximum atomic E-state index is 12.9. The quantitative estimate of drug-likeness (QED) is 0.512. The Kier molecular flexibility index (Phi) is 4.63. The number of carbonyl (C=O) groups excluding carboxylic acids is 1. The fourth-order valence-corrected chi connectivity index (χ4v) is 2.96. The van der Waals surface area contributed by atoms with E-state index in [-0.39, 0.29) is 5.56 Å². The Morgan fingerprint density at radius 1 is 1.04 bits per heavy atom. The number of benzene rings is 1. The first kappa shape index (κ1) is 17.5. The van der Waals surface area contributed by atoms with E-state index >= 15 is 0 Å². The van der Waals surface area contributed by atoms with Crippen molar-refractivity contribution in [3.8, 4) is 11.3 Å². The molecular weight excluding hydrogens is 356 g/mol. The first-order valence-electron chi connectivity index (χ1n) is 8.61. The van der Waals surface area contributed by atoms with Gasteiger partial charge in [-0.3, -0.25) is 14.8 Å². The molecule has 0 bridgehead atoms. The predicted molar refractivity (Wildman–Crippen MR) is 104 cm³/mol. The smallest absolute Gasteiger partial charge is 0.337 e. The van der Waals surface area contributed by atoms with Crippen molar-refractivity contribution in [1.29, 1.82) is 0 Å². The van der Waals surface area contributed by atoms with Crippen LogP contribution < -0.4 is 5.56 Å². The molecule has 3 aromatic heterocycles. The van der Waals surface area contributed by atoms with E-state index in [0.29, 0.717) is 28.7 Å². The largest absolute Gasteiger partial charge is 0.465 e. The Labute approximate surface area is 160 Å². The summed E-state index contributed by atoms with van der Waals surface area (Å²) in [5, 5.41) is 5.05. The molecule has 0 radical (unpaired) electrons. The van der Waals surface area contributed by atoms with Gasteiger partial charge in [-0.15, -0.1) is 0 Å². The number of pyridine rings is 2. The van der Waals surface area contributed by atoms with E-state index in [9.17, 15) is 9.59 Å². The van der Waals surface area contributed by atoms with Crippen LogP contribution in [0.25, 0.3) is 22.2 Å². The van der Waals surface area contributed by atoms with Gasteiger partial charge < -0.3 is 4.74 Å². The molecule has 0 amide bonds. The summed E-state index contributed by atoms with van der Waals surface area (Å²) < 4.78 is 6.16. The average molecular weight is 372 g/mol. The lowest BCUT2D eigenvalue weighted by atomic mass is 10.1. The summed E-state index contributed by atoms with van der Waals surface area (Å²) >= 11 is 0. The zero-order chi connectivity index (χ0) is 19.5. The summed E-state index contributed by atoms with van der Waals surface area (Å²) in [7, 11) is 1.34. The molecule has 4 rings (SSSR count). The highest BCUT2D eigenvalue weighted by Gasteiger charge is 2.14. The molecular formula is C21H16N4O3. The van der Waals surface area contributed by atoms with Crippen LogP contribution in [-0.4, -0.2) is 32.8 Å². The first-order valence-corrected chi connectivity index (χ1v) is 8.61. The van der Waals surface area contributed by atoms with E-state index in [2.05, 4.69) is 15.1 Å². The molecule has 0 aliphatic carbocycles.